The quantitative estimate of drug-likeness (QED) is 0.653. The highest BCUT2D eigenvalue weighted by molar-refractivity contribution is 7.89. The van der Waals surface area contributed by atoms with Crippen LogP contribution in [0.4, 0.5) is 0 Å². The fraction of sp³-hybridized carbons (Fsp3) is 0.682. The first kappa shape index (κ1) is 22.2. The number of benzene rings is 1. The number of carbonyl (C=O) groups is 1. The number of hydrogen-bond acceptors (Lipinski definition) is 4. The second-order valence-electron chi connectivity index (χ2n) is 8.29. The molecule has 1 amide bonds. The Hall–Kier alpha value is -1.44. The SMILES string of the molecule is Cc1ccc(S(=O)(=O)N2CCC[C@H](C(=O)NCCCOC3CCCCC3)C2)cc1. The van der Waals surface area contributed by atoms with Crippen molar-refractivity contribution in [1.82, 2.24) is 9.62 Å². The maximum absolute atomic E-state index is 12.9. The van der Waals surface area contributed by atoms with Crippen LogP contribution in [0.3, 0.4) is 0 Å². The van der Waals surface area contributed by atoms with Crippen molar-refractivity contribution in [2.45, 2.75) is 69.3 Å². The lowest BCUT2D eigenvalue weighted by atomic mass is 9.98. The minimum atomic E-state index is -3.55. The molecular weight excluding hydrogens is 388 g/mol. The molecule has 1 N–H and O–H groups in total. The summed E-state index contributed by atoms with van der Waals surface area (Å²) in [5, 5.41) is 2.97. The van der Waals surface area contributed by atoms with Gasteiger partial charge in [0.05, 0.1) is 16.9 Å². The number of nitrogens with zero attached hydrogens (tertiary/aromatic N) is 1. The molecular formula is C22H34N2O4S. The van der Waals surface area contributed by atoms with Gasteiger partial charge in [-0.2, -0.15) is 4.31 Å². The van der Waals surface area contributed by atoms with E-state index in [1.165, 1.54) is 23.6 Å². The lowest BCUT2D eigenvalue weighted by Gasteiger charge is -2.31. The second kappa shape index (κ2) is 10.5. The number of ether oxygens (including phenoxy) is 1. The summed E-state index contributed by atoms with van der Waals surface area (Å²) in [7, 11) is -3.55. The number of amides is 1. The zero-order valence-electron chi connectivity index (χ0n) is 17.4. The minimum absolute atomic E-state index is 0.0496. The standard InChI is InChI=1S/C22H34N2O4S/c1-18-10-12-21(13-11-18)29(26,27)24-15-5-7-19(17-24)22(25)23-14-6-16-28-20-8-3-2-4-9-20/h10-13,19-20H,2-9,14-17H2,1H3,(H,23,25)/t19-/m0/s1. The van der Waals surface area contributed by atoms with Gasteiger partial charge < -0.3 is 10.1 Å². The molecule has 29 heavy (non-hydrogen) atoms. The van der Waals surface area contributed by atoms with E-state index in [2.05, 4.69) is 5.32 Å². The Morgan fingerprint density at radius 1 is 1.10 bits per heavy atom. The van der Waals surface area contributed by atoms with Crippen LogP contribution in [-0.2, 0) is 19.6 Å². The Kier molecular flexibility index (Phi) is 8.09. The highest BCUT2D eigenvalue weighted by Gasteiger charge is 2.33. The van der Waals surface area contributed by atoms with Crippen molar-refractivity contribution < 1.29 is 17.9 Å². The van der Waals surface area contributed by atoms with Gasteiger partial charge in [0.1, 0.15) is 0 Å². The summed E-state index contributed by atoms with van der Waals surface area (Å²) >= 11 is 0. The Labute approximate surface area is 175 Å². The van der Waals surface area contributed by atoms with E-state index in [0.717, 1.165) is 31.2 Å². The van der Waals surface area contributed by atoms with Crippen molar-refractivity contribution in [3.8, 4) is 0 Å². The molecule has 1 saturated carbocycles. The van der Waals surface area contributed by atoms with Gasteiger partial charge >= 0.3 is 0 Å². The molecule has 162 valence electrons. The third-order valence-electron chi connectivity index (χ3n) is 5.94. The molecule has 1 atom stereocenters. The van der Waals surface area contributed by atoms with Crippen molar-refractivity contribution in [3.63, 3.8) is 0 Å². The smallest absolute Gasteiger partial charge is 0.243 e. The van der Waals surface area contributed by atoms with E-state index in [1.807, 2.05) is 6.92 Å². The molecule has 1 aliphatic carbocycles. The van der Waals surface area contributed by atoms with Crippen LogP contribution in [-0.4, -0.2) is 51.0 Å². The highest BCUT2D eigenvalue weighted by Crippen LogP contribution is 2.24. The molecule has 0 radical (unpaired) electrons. The zero-order valence-corrected chi connectivity index (χ0v) is 18.3. The fourth-order valence-corrected chi connectivity index (χ4v) is 5.67. The highest BCUT2D eigenvalue weighted by atomic mass is 32.2. The average molecular weight is 423 g/mol. The van der Waals surface area contributed by atoms with Crippen LogP contribution < -0.4 is 5.32 Å². The van der Waals surface area contributed by atoms with Crippen LogP contribution in [0.2, 0.25) is 0 Å². The maximum atomic E-state index is 12.9. The van der Waals surface area contributed by atoms with E-state index in [9.17, 15) is 13.2 Å². The van der Waals surface area contributed by atoms with Gasteiger partial charge in [0, 0.05) is 26.2 Å². The van der Waals surface area contributed by atoms with Crippen molar-refractivity contribution >= 4 is 15.9 Å². The second-order valence-corrected chi connectivity index (χ2v) is 10.2. The van der Waals surface area contributed by atoms with E-state index in [4.69, 9.17) is 4.74 Å². The van der Waals surface area contributed by atoms with E-state index >= 15 is 0 Å². The van der Waals surface area contributed by atoms with Gasteiger partial charge in [-0.05, 0) is 51.2 Å². The predicted octanol–water partition coefficient (Wildman–Crippen LogP) is 3.25. The molecule has 3 rings (SSSR count). The number of hydrogen-bond donors (Lipinski definition) is 1. The first-order valence-corrected chi connectivity index (χ1v) is 12.4. The van der Waals surface area contributed by atoms with Crippen molar-refractivity contribution in [3.05, 3.63) is 29.8 Å². The average Bonchev–Trinajstić information content (AvgIpc) is 2.74. The molecule has 0 aromatic heterocycles. The first-order valence-electron chi connectivity index (χ1n) is 10.9. The molecule has 0 unspecified atom stereocenters. The van der Waals surface area contributed by atoms with Crippen LogP contribution in [0, 0.1) is 12.8 Å². The fourth-order valence-electron chi connectivity index (χ4n) is 4.14. The van der Waals surface area contributed by atoms with Crippen molar-refractivity contribution in [2.75, 3.05) is 26.2 Å². The van der Waals surface area contributed by atoms with Crippen LogP contribution in [0.1, 0.15) is 56.9 Å². The predicted molar refractivity (Wildman–Crippen MR) is 113 cm³/mol. The van der Waals surface area contributed by atoms with Crippen molar-refractivity contribution in [1.29, 1.82) is 0 Å². The van der Waals surface area contributed by atoms with E-state index < -0.39 is 10.0 Å². The van der Waals surface area contributed by atoms with E-state index in [-0.39, 0.29) is 18.4 Å². The normalized spacial score (nSPS) is 21.8. The topological polar surface area (TPSA) is 75.7 Å². The molecule has 0 spiro atoms. The Morgan fingerprint density at radius 3 is 2.55 bits per heavy atom. The minimum Gasteiger partial charge on any atom is -0.378 e. The van der Waals surface area contributed by atoms with Crippen LogP contribution in [0.25, 0.3) is 0 Å². The van der Waals surface area contributed by atoms with Crippen LogP contribution in [0.5, 0.6) is 0 Å². The largest absolute Gasteiger partial charge is 0.378 e. The number of aryl methyl sites for hydroxylation is 1. The summed E-state index contributed by atoms with van der Waals surface area (Å²) in [6.07, 6.45) is 8.74. The third kappa shape index (κ3) is 6.27. The molecule has 0 bridgehead atoms. The molecule has 1 aromatic carbocycles. The summed E-state index contributed by atoms with van der Waals surface area (Å²) < 4.78 is 33.1. The van der Waals surface area contributed by atoms with Gasteiger partial charge in [0.25, 0.3) is 0 Å². The van der Waals surface area contributed by atoms with Crippen LogP contribution in [0.15, 0.2) is 29.2 Å². The lowest BCUT2D eigenvalue weighted by Crippen LogP contribution is -2.45. The molecule has 6 nitrogen and oxygen atoms in total. The molecule has 2 aliphatic rings. The molecule has 1 saturated heterocycles. The lowest BCUT2D eigenvalue weighted by molar-refractivity contribution is -0.126. The zero-order chi connectivity index (χ0) is 20.7. The molecule has 7 heteroatoms. The van der Waals surface area contributed by atoms with Gasteiger partial charge in [-0.3, -0.25) is 4.79 Å². The summed E-state index contributed by atoms with van der Waals surface area (Å²) in [4.78, 5) is 12.8. The summed E-state index contributed by atoms with van der Waals surface area (Å²) in [5.74, 6) is -0.338. The number of sulfonamides is 1. The summed E-state index contributed by atoms with van der Waals surface area (Å²) in [6, 6.07) is 6.88. The van der Waals surface area contributed by atoms with Gasteiger partial charge in [-0.25, -0.2) is 8.42 Å². The Bertz CT molecular complexity index is 758. The molecule has 1 aromatic rings. The number of carbonyl (C=O) groups excluding carboxylic acids is 1. The Balaban J connectivity index is 1.43. The molecule has 2 fully saturated rings. The Morgan fingerprint density at radius 2 is 1.83 bits per heavy atom. The summed E-state index contributed by atoms with van der Waals surface area (Å²) in [5.41, 5.74) is 1.02. The van der Waals surface area contributed by atoms with Gasteiger partial charge in [-0.15, -0.1) is 0 Å². The van der Waals surface area contributed by atoms with E-state index in [1.54, 1.807) is 24.3 Å². The van der Waals surface area contributed by atoms with Gasteiger partial charge in [0.2, 0.25) is 15.9 Å². The van der Waals surface area contributed by atoms with Crippen molar-refractivity contribution in [2.24, 2.45) is 5.92 Å². The molecule has 1 aliphatic heterocycles. The number of piperidine rings is 1. The van der Waals surface area contributed by atoms with Gasteiger partial charge in [0.15, 0.2) is 0 Å². The number of nitrogens with one attached hydrogen (secondary N) is 1. The third-order valence-corrected chi connectivity index (χ3v) is 7.82. The van der Waals surface area contributed by atoms with E-state index in [0.29, 0.717) is 37.1 Å². The van der Waals surface area contributed by atoms with Crippen LogP contribution >= 0.6 is 0 Å². The first-order chi connectivity index (χ1) is 14.0. The monoisotopic (exact) mass is 422 g/mol. The maximum Gasteiger partial charge on any atom is 0.243 e. The van der Waals surface area contributed by atoms with Gasteiger partial charge in [-0.1, -0.05) is 37.0 Å². The number of rotatable bonds is 8. The summed E-state index contributed by atoms with van der Waals surface area (Å²) in [6.45, 7) is 3.89. The molecule has 1 heterocycles.